The number of phenols is 1. The number of carbonyl (C=O) groups is 2. The van der Waals surface area contributed by atoms with Gasteiger partial charge in [0.25, 0.3) is 0 Å². The number of guanidine groups is 1. The van der Waals surface area contributed by atoms with E-state index in [0.717, 1.165) is 70.1 Å². The number of nitrogens with one attached hydrogen (secondary N) is 2. The van der Waals surface area contributed by atoms with E-state index < -0.39 is 0 Å². The maximum absolute atomic E-state index is 12.6. The molecule has 5 N–H and O–H groups in total. The molecule has 0 radical (unpaired) electrons. The molecule has 2 aliphatic carbocycles. The van der Waals surface area contributed by atoms with E-state index in [9.17, 15) is 14.7 Å². The molecule has 0 amide bonds. The van der Waals surface area contributed by atoms with Gasteiger partial charge in [-0.3, -0.25) is 14.6 Å². The van der Waals surface area contributed by atoms with Gasteiger partial charge in [0.2, 0.25) is 0 Å². The standard InChI is InChI=1S/C31H47N5O4/c32-31(34-24-6-1-2-7-24)35-25(16-18-36-19-17-33-22-36)8-5-9-26(37)21-27(38)14-12-23-13-15-29(39)30(20-23)40-28-10-3-4-11-28/h13,15,17,19-20,24-25,28,33,39H,1-12,14,16,18,21-22H2,(H3,32,34,35). The van der Waals surface area contributed by atoms with Crippen LogP contribution in [0.1, 0.15) is 95.5 Å². The molecule has 1 atom stereocenters. The fourth-order valence-corrected chi connectivity index (χ4v) is 5.84. The van der Waals surface area contributed by atoms with Crippen LogP contribution in [0.2, 0.25) is 0 Å². The number of aryl methyl sites for hydroxylation is 1. The van der Waals surface area contributed by atoms with Crippen LogP contribution in [0, 0.1) is 0 Å². The van der Waals surface area contributed by atoms with Gasteiger partial charge < -0.3 is 31.1 Å². The monoisotopic (exact) mass is 553 g/mol. The van der Waals surface area contributed by atoms with E-state index in [-0.39, 0.29) is 35.9 Å². The van der Waals surface area contributed by atoms with Gasteiger partial charge in [-0.1, -0.05) is 18.9 Å². The number of aromatic hydroxyl groups is 1. The zero-order valence-electron chi connectivity index (χ0n) is 23.8. The highest BCUT2D eigenvalue weighted by Crippen LogP contribution is 2.32. The van der Waals surface area contributed by atoms with E-state index in [2.05, 4.69) is 20.5 Å². The predicted molar refractivity (Wildman–Crippen MR) is 157 cm³/mol. The number of aliphatic imine (C=N–C) groups is 1. The lowest BCUT2D eigenvalue weighted by atomic mass is 10.00. The molecule has 1 heterocycles. The Morgan fingerprint density at radius 3 is 2.60 bits per heavy atom. The van der Waals surface area contributed by atoms with Gasteiger partial charge in [0.1, 0.15) is 11.6 Å². The van der Waals surface area contributed by atoms with E-state index in [1.54, 1.807) is 6.07 Å². The van der Waals surface area contributed by atoms with Gasteiger partial charge in [0, 0.05) is 37.8 Å². The van der Waals surface area contributed by atoms with Crippen molar-refractivity contribution in [3.63, 3.8) is 0 Å². The summed E-state index contributed by atoms with van der Waals surface area (Å²) in [6.45, 7) is 1.69. The summed E-state index contributed by atoms with van der Waals surface area (Å²) in [7, 11) is 0. The molecule has 220 valence electrons. The topological polar surface area (TPSA) is 129 Å². The highest BCUT2D eigenvalue weighted by molar-refractivity contribution is 5.99. The fraction of sp³-hybridized carbons (Fsp3) is 0.645. The first-order valence-electron chi connectivity index (χ1n) is 15.2. The van der Waals surface area contributed by atoms with Crippen molar-refractivity contribution in [2.75, 3.05) is 13.2 Å². The van der Waals surface area contributed by atoms with Crippen molar-refractivity contribution in [1.82, 2.24) is 15.5 Å². The Morgan fingerprint density at radius 1 is 1.10 bits per heavy atom. The number of hydrogen-bond acceptors (Lipinski definition) is 7. The molecular formula is C31H47N5O4. The lowest BCUT2D eigenvalue weighted by Gasteiger charge is -2.23. The smallest absolute Gasteiger partial charge is 0.189 e. The number of ether oxygens (including phenoxy) is 1. The van der Waals surface area contributed by atoms with Crippen molar-refractivity contribution >= 4 is 17.5 Å². The minimum Gasteiger partial charge on any atom is -0.504 e. The van der Waals surface area contributed by atoms with Crippen LogP contribution < -0.4 is 21.1 Å². The summed E-state index contributed by atoms with van der Waals surface area (Å²) >= 11 is 0. The molecule has 0 aromatic heterocycles. The zero-order valence-corrected chi connectivity index (χ0v) is 23.8. The highest BCUT2D eigenvalue weighted by atomic mass is 16.5. The van der Waals surface area contributed by atoms with Crippen LogP contribution in [-0.4, -0.2) is 58.9 Å². The second-order valence-corrected chi connectivity index (χ2v) is 11.5. The number of nitrogens with two attached hydrogens (primary N) is 1. The van der Waals surface area contributed by atoms with Crippen LogP contribution in [0.5, 0.6) is 11.5 Å². The number of benzene rings is 1. The molecule has 0 spiro atoms. The summed E-state index contributed by atoms with van der Waals surface area (Å²) in [6.07, 6.45) is 16.7. The molecule has 0 saturated heterocycles. The summed E-state index contributed by atoms with van der Waals surface area (Å²) < 4.78 is 5.97. The van der Waals surface area contributed by atoms with Gasteiger partial charge in [0.05, 0.1) is 25.2 Å². The normalized spacial score (nSPS) is 18.7. The van der Waals surface area contributed by atoms with Gasteiger partial charge >= 0.3 is 0 Å². The maximum Gasteiger partial charge on any atom is 0.189 e. The SMILES string of the molecule is NC(=NC1CCCC1)NC(CCCC(=O)CC(=O)CCc1ccc(O)c(OC2CCCC2)c1)CCN1C=CNC1. The summed E-state index contributed by atoms with van der Waals surface area (Å²) in [5.74, 6) is 1.05. The molecule has 0 bridgehead atoms. The number of ketones is 2. The summed E-state index contributed by atoms with van der Waals surface area (Å²) in [5.41, 5.74) is 7.17. The largest absolute Gasteiger partial charge is 0.504 e. The van der Waals surface area contributed by atoms with Gasteiger partial charge in [-0.05, 0) is 81.9 Å². The minimum atomic E-state index is -0.0488. The van der Waals surface area contributed by atoms with Crippen molar-refractivity contribution in [1.29, 1.82) is 0 Å². The summed E-state index contributed by atoms with van der Waals surface area (Å²) in [6, 6.07) is 5.71. The Hall–Kier alpha value is -3.23. The predicted octanol–water partition coefficient (Wildman–Crippen LogP) is 4.28. The highest BCUT2D eigenvalue weighted by Gasteiger charge is 2.19. The van der Waals surface area contributed by atoms with Crippen molar-refractivity contribution in [3.8, 4) is 11.5 Å². The molecule has 9 heteroatoms. The van der Waals surface area contributed by atoms with E-state index in [0.29, 0.717) is 43.4 Å². The quantitative estimate of drug-likeness (QED) is 0.136. The van der Waals surface area contributed by atoms with Crippen LogP contribution in [0.4, 0.5) is 0 Å². The molecule has 2 saturated carbocycles. The number of hydrogen-bond donors (Lipinski definition) is 4. The molecule has 9 nitrogen and oxygen atoms in total. The van der Waals surface area contributed by atoms with E-state index in [4.69, 9.17) is 10.5 Å². The first-order chi connectivity index (χ1) is 19.4. The Balaban J connectivity index is 1.18. The first kappa shape index (κ1) is 29.7. The lowest BCUT2D eigenvalue weighted by Crippen LogP contribution is -2.42. The maximum atomic E-state index is 12.6. The van der Waals surface area contributed by atoms with Crippen LogP contribution in [-0.2, 0) is 16.0 Å². The minimum absolute atomic E-state index is 0.0148. The van der Waals surface area contributed by atoms with Crippen LogP contribution in [0.25, 0.3) is 0 Å². The molecule has 1 aromatic carbocycles. The number of nitrogens with zero attached hydrogens (tertiary/aromatic N) is 2. The van der Waals surface area contributed by atoms with Crippen molar-refractivity contribution in [2.24, 2.45) is 10.7 Å². The third-order valence-electron chi connectivity index (χ3n) is 8.18. The zero-order chi connectivity index (χ0) is 28.2. The van der Waals surface area contributed by atoms with Crippen LogP contribution in [0.3, 0.4) is 0 Å². The first-order valence-corrected chi connectivity index (χ1v) is 15.2. The van der Waals surface area contributed by atoms with Gasteiger partial charge in [-0.2, -0.15) is 0 Å². The molecule has 4 rings (SSSR count). The van der Waals surface area contributed by atoms with E-state index in [1.165, 1.54) is 12.8 Å². The summed E-state index contributed by atoms with van der Waals surface area (Å²) in [5, 5.41) is 16.7. The number of carbonyl (C=O) groups excluding carboxylic acids is 2. The van der Waals surface area contributed by atoms with E-state index >= 15 is 0 Å². The molecule has 1 aromatic rings. The van der Waals surface area contributed by atoms with Gasteiger partial charge in [0.15, 0.2) is 17.5 Å². The molecule has 1 unspecified atom stereocenters. The molecular weight excluding hydrogens is 506 g/mol. The van der Waals surface area contributed by atoms with Crippen molar-refractivity contribution < 1.29 is 19.4 Å². The number of phenolic OH excluding ortho intramolecular Hbond substituents is 1. The molecule has 40 heavy (non-hydrogen) atoms. The Morgan fingerprint density at radius 2 is 1.85 bits per heavy atom. The number of Topliss-reactive ketones (excluding diaryl/α,β-unsaturated/α-hetero) is 2. The Bertz CT molecular complexity index is 1030. The average molecular weight is 554 g/mol. The fourth-order valence-electron chi connectivity index (χ4n) is 5.84. The molecule has 1 aliphatic heterocycles. The third-order valence-corrected chi connectivity index (χ3v) is 8.18. The van der Waals surface area contributed by atoms with Crippen molar-refractivity contribution in [3.05, 3.63) is 36.2 Å². The van der Waals surface area contributed by atoms with Crippen LogP contribution in [0.15, 0.2) is 35.6 Å². The Labute approximate surface area is 238 Å². The average Bonchev–Trinajstić information content (AvgIpc) is 3.72. The lowest BCUT2D eigenvalue weighted by molar-refractivity contribution is -0.127. The second kappa shape index (κ2) is 15.5. The van der Waals surface area contributed by atoms with E-state index in [1.807, 2.05) is 24.5 Å². The molecule has 3 aliphatic rings. The van der Waals surface area contributed by atoms with Gasteiger partial charge in [-0.25, -0.2) is 0 Å². The number of rotatable bonds is 16. The molecule has 2 fully saturated rings. The van der Waals surface area contributed by atoms with Crippen LogP contribution >= 0.6 is 0 Å². The Kier molecular flexibility index (Phi) is 11.5. The van der Waals surface area contributed by atoms with Gasteiger partial charge in [-0.15, -0.1) is 0 Å². The third kappa shape index (κ3) is 10.1. The summed E-state index contributed by atoms with van der Waals surface area (Å²) in [4.78, 5) is 32.0. The van der Waals surface area contributed by atoms with Crippen molar-refractivity contribution in [2.45, 2.75) is 114 Å². The second-order valence-electron chi connectivity index (χ2n) is 11.5.